The van der Waals surface area contributed by atoms with Gasteiger partial charge in [0.2, 0.25) is 0 Å². The molecule has 6 aromatic rings. The summed E-state index contributed by atoms with van der Waals surface area (Å²) < 4.78 is 31.7. The summed E-state index contributed by atoms with van der Waals surface area (Å²) in [7, 11) is 0. The summed E-state index contributed by atoms with van der Waals surface area (Å²) in [5.74, 6) is -2.09. The number of nitrogens with zero attached hydrogens (tertiary/aromatic N) is 6. The molecule has 2 aromatic carbocycles. The molecule has 0 aliphatic rings. The Hall–Kier alpha value is -6.04. The van der Waals surface area contributed by atoms with Gasteiger partial charge in [-0.2, -0.15) is 10.2 Å². The van der Waals surface area contributed by atoms with E-state index in [0.29, 0.717) is 37.3 Å². The first-order chi connectivity index (χ1) is 22.5. The fourth-order valence-corrected chi connectivity index (χ4v) is 4.89. The van der Waals surface area contributed by atoms with Crippen molar-refractivity contribution in [2.75, 3.05) is 10.6 Å². The Morgan fingerprint density at radius 1 is 0.587 bits per heavy atom. The number of benzene rings is 2. The average molecular weight is 619 g/mol. The van der Waals surface area contributed by atoms with Crippen LogP contribution >= 0.6 is 0 Å². The van der Waals surface area contributed by atoms with Crippen LogP contribution in [0.1, 0.15) is 33.8 Å². The van der Waals surface area contributed by atoms with E-state index in [4.69, 9.17) is 0 Å². The Morgan fingerprint density at radius 2 is 0.978 bits per heavy atom. The van der Waals surface area contributed by atoms with Crippen LogP contribution in [0.15, 0.2) is 110 Å². The van der Waals surface area contributed by atoms with Crippen molar-refractivity contribution >= 4 is 23.2 Å². The Morgan fingerprint density at radius 3 is 1.37 bits per heavy atom. The molecule has 10 nitrogen and oxygen atoms in total. The van der Waals surface area contributed by atoms with Crippen molar-refractivity contribution in [3.63, 3.8) is 0 Å². The van der Waals surface area contributed by atoms with Gasteiger partial charge in [-0.15, -0.1) is 0 Å². The van der Waals surface area contributed by atoms with E-state index in [1.54, 1.807) is 94.8 Å². The van der Waals surface area contributed by atoms with Crippen LogP contribution in [-0.2, 0) is 13.1 Å². The van der Waals surface area contributed by atoms with Crippen molar-refractivity contribution < 1.29 is 18.4 Å². The minimum atomic E-state index is -0.545. The summed E-state index contributed by atoms with van der Waals surface area (Å²) in [6.45, 7) is 0.723. The average Bonchev–Trinajstić information content (AvgIpc) is 3.71. The van der Waals surface area contributed by atoms with Crippen molar-refractivity contribution in [2.24, 2.45) is 0 Å². The molecule has 0 radical (unpaired) electrons. The summed E-state index contributed by atoms with van der Waals surface area (Å²) in [4.78, 5) is 34.6. The SMILES string of the molecule is O=C(Nc1ccccc1F)c1cc(-c2ccncc2)nn1CCCCn1nc(-c2ccncc2)cc1C(=O)Nc1ccccc1F. The molecule has 0 bridgehead atoms. The van der Waals surface area contributed by atoms with Gasteiger partial charge in [0.15, 0.2) is 0 Å². The number of hydrogen-bond donors (Lipinski definition) is 2. The predicted molar refractivity (Wildman–Crippen MR) is 169 cm³/mol. The van der Waals surface area contributed by atoms with Crippen LogP contribution in [-0.4, -0.2) is 41.3 Å². The van der Waals surface area contributed by atoms with Gasteiger partial charge >= 0.3 is 0 Å². The van der Waals surface area contributed by atoms with E-state index in [-0.39, 0.29) is 22.8 Å². The third-order valence-electron chi connectivity index (χ3n) is 7.21. The molecule has 4 aromatic heterocycles. The molecule has 0 spiro atoms. The maximum absolute atomic E-state index is 14.3. The Labute approximate surface area is 262 Å². The van der Waals surface area contributed by atoms with E-state index in [2.05, 4.69) is 30.8 Å². The number of carbonyl (C=O) groups is 2. The number of carbonyl (C=O) groups excluding carboxylic acids is 2. The number of pyridine rings is 2. The summed E-state index contributed by atoms with van der Waals surface area (Å²) in [6.07, 6.45) is 7.68. The quantitative estimate of drug-likeness (QED) is 0.161. The van der Waals surface area contributed by atoms with Gasteiger partial charge in [0.25, 0.3) is 11.8 Å². The smallest absolute Gasteiger partial charge is 0.274 e. The molecule has 0 atom stereocenters. The number of unbranched alkanes of at least 4 members (excludes halogenated alkanes) is 1. The minimum absolute atomic E-state index is 0.0654. The third kappa shape index (κ3) is 6.86. The second-order valence-corrected chi connectivity index (χ2v) is 10.3. The highest BCUT2D eigenvalue weighted by molar-refractivity contribution is 6.04. The maximum Gasteiger partial charge on any atom is 0.274 e. The van der Waals surface area contributed by atoms with Gasteiger partial charge in [-0.25, -0.2) is 8.78 Å². The van der Waals surface area contributed by atoms with Crippen molar-refractivity contribution in [1.82, 2.24) is 29.5 Å². The van der Waals surface area contributed by atoms with Gasteiger partial charge in [0.1, 0.15) is 23.0 Å². The van der Waals surface area contributed by atoms with Crippen LogP contribution in [0.5, 0.6) is 0 Å². The molecule has 6 rings (SSSR count). The van der Waals surface area contributed by atoms with E-state index in [9.17, 15) is 18.4 Å². The zero-order valence-electron chi connectivity index (χ0n) is 24.5. The first-order valence-electron chi connectivity index (χ1n) is 14.5. The molecule has 0 fully saturated rings. The van der Waals surface area contributed by atoms with Crippen molar-refractivity contribution in [2.45, 2.75) is 25.9 Å². The predicted octanol–water partition coefficient (Wildman–Crippen LogP) is 6.47. The lowest BCUT2D eigenvalue weighted by molar-refractivity contribution is 0.100. The minimum Gasteiger partial charge on any atom is -0.318 e. The lowest BCUT2D eigenvalue weighted by Crippen LogP contribution is -2.20. The Kier molecular flexibility index (Phi) is 8.95. The van der Waals surface area contributed by atoms with E-state index in [1.807, 2.05) is 0 Å². The van der Waals surface area contributed by atoms with Crippen LogP contribution in [0.3, 0.4) is 0 Å². The molecule has 230 valence electrons. The number of nitrogens with one attached hydrogen (secondary N) is 2. The number of amides is 2. The zero-order chi connectivity index (χ0) is 31.9. The molecule has 0 aliphatic carbocycles. The second kappa shape index (κ2) is 13.7. The van der Waals surface area contributed by atoms with E-state index >= 15 is 0 Å². The summed E-state index contributed by atoms with van der Waals surface area (Å²) in [6, 6.07) is 22.4. The van der Waals surface area contributed by atoms with Crippen LogP contribution in [0.25, 0.3) is 22.5 Å². The lowest BCUT2D eigenvalue weighted by Gasteiger charge is -2.10. The van der Waals surface area contributed by atoms with Crippen molar-refractivity contribution in [1.29, 1.82) is 0 Å². The Balaban J connectivity index is 1.20. The van der Waals surface area contributed by atoms with E-state index < -0.39 is 23.4 Å². The maximum atomic E-state index is 14.3. The van der Waals surface area contributed by atoms with Gasteiger partial charge in [-0.1, -0.05) is 24.3 Å². The van der Waals surface area contributed by atoms with Gasteiger partial charge < -0.3 is 10.6 Å². The van der Waals surface area contributed by atoms with Crippen molar-refractivity contribution in [3.8, 4) is 22.5 Å². The highest BCUT2D eigenvalue weighted by Gasteiger charge is 2.20. The van der Waals surface area contributed by atoms with E-state index in [1.165, 1.54) is 24.3 Å². The first kappa shape index (κ1) is 30.0. The highest BCUT2D eigenvalue weighted by atomic mass is 19.1. The monoisotopic (exact) mass is 618 g/mol. The van der Waals surface area contributed by atoms with Crippen LogP contribution in [0, 0.1) is 11.6 Å². The standard InChI is InChI=1S/C34H28F2N8O2/c35-25-7-1-3-9-27(25)39-33(45)31-21-29(23-11-15-37-16-12-23)41-43(31)19-5-6-20-44-32(22-30(42-44)24-13-17-38-18-14-24)34(46)40-28-10-4-2-8-26(28)36/h1-4,7-18,21-22H,5-6,19-20H2,(H,39,45)(H,40,46). The first-order valence-corrected chi connectivity index (χ1v) is 14.5. The van der Waals surface area contributed by atoms with Crippen molar-refractivity contribution in [3.05, 3.63) is 133 Å². The molecule has 46 heavy (non-hydrogen) atoms. The van der Waals surface area contributed by atoms with Crippen LogP contribution in [0.2, 0.25) is 0 Å². The van der Waals surface area contributed by atoms with Gasteiger partial charge in [0.05, 0.1) is 22.8 Å². The zero-order valence-corrected chi connectivity index (χ0v) is 24.5. The second-order valence-electron chi connectivity index (χ2n) is 10.3. The third-order valence-corrected chi connectivity index (χ3v) is 7.21. The number of para-hydroxylation sites is 2. The van der Waals surface area contributed by atoms with Gasteiger partial charge in [-0.05, 0) is 73.5 Å². The summed E-state index contributed by atoms with van der Waals surface area (Å²) in [5.41, 5.74) is 3.35. The topological polar surface area (TPSA) is 120 Å². The Bertz CT molecular complexity index is 1830. The molecule has 0 saturated carbocycles. The number of aromatic nitrogens is 6. The van der Waals surface area contributed by atoms with Gasteiger partial charge in [0, 0.05) is 49.0 Å². The molecule has 12 heteroatoms. The number of aryl methyl sites for hydroxylation is 2. The number of anilines is 2. The number of rotatable bonds is 11. The molecule has 0 aliphatic heterocycles. The molecule has 4 heterocycles. The molecular weight excluding hydrogens is 590 g/mol. The normalized spacial score (nSPS) is 10.9. The molecule has 0 saturated heterocycles. The van der Waals surface area contributed by atoms with Gasteiger partial charge in [-0.3, -0.25) is 28.9 Å². The molecule has 2 amide bonds. The van der Waals surface area contributed by atoms with Crippen LogP contribution in [0.4, 0.5) is 20.2 Å². The molecule has 0 unspecified atom stereocenters. The summed E-state index contributed by atoms with van der Waals surface area (Å²) >= 11 is 0. The number of halogens is 2. The lowest BCUT2D eigenvalue weighted by atomic mass is 10.2. The number of hydrogen-bond acceptors (Lipinski definition) is 6. The van der Waals surface area contributed by atoms with E-state index in [0.717, 1.165) is 11.1 Å². The fraction of sp³-hybridized carbons (Fsp3) is 0.118. The molecular formula is C34H28F2N8O2. The summed E-state index contributed by atoms with van der Waals surface area (Å²) in [5, 5.41) is 14.6. The highest BCUT2D eigenvalue weighted by Crippen LogP contribution is 2.23. The largest absolute Gasteiger partial charge is 0.318 e. The fourth-order valence-electron chi connectivity index (χ4n) is 4.89. The molecule has 2 N–H and O–H groups in total. The van der Waals surface area contributed by atoms with Crippen LogP contribution < -0.4 is 10.6 Å².